The molecule has 134 valence electrons. The first-order chi connectivity index (χ1) is 11.3. The molecule has 8 heteroatoms. The topological polar surface area (TPSA) is 84.9 Å². The summed E-state index contributed by atoms with van der Waals surface area (Å²) in [5.41, 5.74) is 0.811. The smallest absolute Gasteiger partial charge is 0.251 e. The van der Waals surface area contributed by atoms with Crippen LogP contribution in [0.4, 0.5) is 0 Å². The molecule has 7 nitrogen and oxygen atoms in total. The van der Waals surface area contributed by atoms with E-state index in [0.29, 0.717) is 19.8 Å². The fraction of sp³-hybridized carbons (Fsp3) is 0.562. The summed E-state index contributed by atoms with van der Waals surface area (Å²) in [6, 6.07) is 6.37. The number of nitrogens with zero attached hydrogens (tertiary/aromatic N) is 1. The minimum Gasteiger partial charge on any atom is -0.376 e. The van der Waals surface area contributed by atoms with Crippen molar-refractivity contribution in [3.63, 3.8) is 0 Å². The molecule has 1 amide bonds. The van der Waals surface area contributed by atoms with Crippen LogP contribution >= 0.6 is 0 Å². The van der Waals surface area contributed by atoms with Gasteiger partial charge in [0.2, 0.25) is 10.0 Å². The van der Waals surface area contributed by atoms with Gasteiger partial charge in [-0.3, -0.25) is 4.79 Å². The van der Waals surface area contributed by atoms with Crippen LogP contribution in [-0.4, -0.2) is 57.6 Å². The van der Waals surface area contributed by atoms with Crippen molar-refractivity contribution in [2.75, 3.05) is 26.9 Å². The monoisotopic (exact) mass is 356 g/mol. The molecule has 1 aliphatic rings. The number of rotatable bonds is 6. The van der Waals surface area contributed by atoms with Gasteiger partial charge >= 0.3 is 0 Å². The lowest BCUT2D eigenvalue weighted by atomic mass is 10.2. The maximum atomic E-state index is 12.4. The van der Waals surface area contributed by atoms with Crippen molar-refractivity contribution < 1.29 is 22.7 Å². The highest BCUT2D eigenvalue weighted by molar-refractivity contribution is 7.89. The first-order valence-electron chi connectivity index (χ1n) is 7.86. The van der Waals surface area contributed by atoms with Crippen molar-refractivity contribution in [1.82, 2.24) is 9.62 Å². The van der Waals surface area contributed by atoms with E-state index in [0.717, 1.165) is 5.56 Å². The molecule has 1 heterocycles. The highest BCUT2D eigenvalue weighted by Crippen LogP contribution is 2.17. The Morgan fingerprint density at radius 3 is 2.50 bits per heavy atom. The molecule has 0 spiro atoms. The number of sulfonamides is 1. The first-order valence-corrected chi connectivity index (χ1v) is 9.30. The predicted molar refractivity (Wildman–Crippen MR) is 88.9 cm³/mol. The molecule has 1 unspecified atom stereocenters. The van der Waals surface area contributed by atoms with E-state index in [2.05, 4.69) is 5.32 Å². The summed E-state index contributed by atoms with van der Waals surface area (Å²) < 4.78 is 36.6. The summed E-state index contributed by atoms with van der Waals surface area (Å²) in [6.45, 7) is 5.11. The van der Waals surface area contributed by atoms with Crippen molar-refractivity contribution in [2.24, 2.45) is 0 Å². The average Bonchev–Trinajstić information content (AvgIpc) is 2.60. The third-order valence-corrected chi connectivity index (χ3v) is 5.95. The maximum Gasteiger partial charge on any atom is 0.251 e. The Hall–Kier alpha value is -1.48. The van der Waals surface area contributed by atoms with Crippen molar-refractivity contribution >= 4 is 15.9 Å². The van der Waals surface area contributed by atoms with Gasteiger partial charge < -0.3 is 14.8 Å². The van der Waals surface area contributed by atoms with Crippen molar-refractivity contribution in [2.45, 2.75) is 37.4 Å². The van der Waals surface area contributed by atoms with Gasteiger partial charge in [-0.2, -0.15) is 4.31 Å². The minimum absolute atomic E-state index is 0.119. The van der Waals surface area contributed by atoms with E-state index in [9.17, 15) is 13.2 Å². The van der Waals surface area contributed by atoms with Crippen LogP contribution in [0.5, 0.6) is 0 Å². The van der Waals surface area contributed by atoms with Gasteiger partial charge in [0.25, 0.3) is 5.91 Å². The zero-order chi connectivity index (χ0) is 17.7. The van der Waals surface area contributed by atoms with Crippen molar-refractivity contribution in [3.05, 3.63) is 29.8 Å². The van der Waals surface area contributed by atoms with E-state index in [-0.39, 0.29) is 23.5 Å². The fourth-order valence-corrected chi connectivity index (χ4v) is 3.53. The molecule has 2 rings (SSSR count). The summed E-state index contributed by atoms with van der Waals surface area (Å²) in [4.78, 5) is 12.2. The van der Waals surface area contributed by atoms with Gasteiger partial charge in [0.1, 0.15) is 0 Å². The number of carbonyl (C=O) groups excluding carboxylic acids is 1. The molecular weight excluding hydrogens is 332 g/mol. The Labute approximate surface area is 143 Å². The molecule has 1 atom stereocenters. The Morgan fingerprint density at radius 2 is 1.96 bits per heavy atom. The maximum absolute atomic E-state index is 12.4. The zero-order valence-corrected chi connectivity index (χ0v) is 15.0. The molecule has 1 fully saturated rings. The Bertz CT molecular complexity index is 652. The van der Waals surface area contributed by atoms with Crippen LogP contribution in [0.3, 0.4) is 0 Å². The summed E-state index contributed by atoms with van der Waals surface area (Å²) >= 11 is 0. The lowest BCUT2D eigenvalue weighted by Crippen LogP contribution is -2.42. The number of ether oxygens (including phenoxy) is 2. The van der Waals surface area contributed by atoms with E-state index in [4.69, 9.17) is 9.47 Å². The normalized spacial score (nSPS) is 18.8. The number of nitrogens with one attached hydrogen (secondary N) is 1. The lowest BCUT2D eigenvalue weighted by Gasteiger charge is -2.22. The van der Waals surface area contributed by atoms with E-state index >= 15 is 0 Å². The molecule has 0 radical (unpaired) electrons. The van der Waals surface area contributed by atoms with Crippen LogP contribution < -0.4 is 5.32 Å². The Balaban J connectivity index is 1.96. The molecule has 0 aliphatic carbocycles. The van der Waals surface area contributed by atoms with Crippen LogP contribution in [0.1, 0.15) is 19.4 Å². The van der Waals surface area contributed by atoms with Crippen LogP contribution in [0.15, 0.2) is 29.2 Å². The molecule has 0 aromatic heterocycles. The van der Waals surface area contributed by atoms with E-state index in [1.165, 1.54) is 4.31 Å². The average molecular weight is 356 g/mol. The molecule has 24 heavy (non-hydrogen) atoms. The molecule has 1 aromatic carbocycles. The van der Waals surface area contributed by atoms with Gasteiger partial charge in [-0.25, -0.2) is 8.42 Å². The second-order valence-corrected chi connectivity index (χ2v) is 7.91. The molecule has 1 saturated heterocycles. The van der Waals surface area contributed by atoms with Gasteiger partial charge in [-0.05, 0) is 31.5 Å². The van der Waals surface area contributed by atoms with Crippen molar-refractivity contribution in [3.8, 4) is 0 Å². The molecule has 1 aliphatic heterocycles. The third kappa shape index (κ3) is 4.54. The molecule has 0 saturated carbocycles. The van der Waals surface area contributed by atoms with Gasteiger partial charge in [0.05, 0.1) is 24.7 Å². The zero-order valence-electron chi connectivity index (χ0n) is 14.2. The first kappa shape index (κ1) is 18.9. The summed E-state index contributed by atoms with van der Waals surface area (Å²) in [5.74, 6) is -0.231. The molecule has 1 aromatic rings. The number of benzene rings is 1. The standard InChI is InChI=1S/C16H24N2O5S/c1-12(2)18(3)24(20,21)14-6-4-13(5-7-14)10-17-16(19)15-11-22-8-9-23-15/h4-7,12,15H,8-11H2,1-3H3,(H,17,19). The van der Waals surface area contributed by atoms with Crippen LogP contribution in [-0.2, 0) is 30.8 Å². The summed E-state index contributed by atoms with van der Waals surface area (Å²) in [6.07, 6.45) is -0.585. The van der Waals surface area contributed by atoms with Crippen LogP contribution in [0.25, 0.3) is 0 Å². The van der Waals surface area contributed by atoms with Gasteiger partial charge in [-0.15, -0.1) is 0 Å². The third-order valence-electron chi connectivity index (χ3n) is 3.90. The van der Waals surface area contributed by atoms with Crippen molar-refractivity contribution in [1.29, 1.82) is 0 Å². The van der Waals surface area contributed by atoms with Crippen LogP contribution in [0.2, 0.25) is 0 Å². The number of carbonyl (C=O) groups is 1. The highest BCUT2D eigenvalue weighted by atomic mass is 32.2. The van der Waals surface area contributed by atoms with Gasteiger partial charge in [0.15, 0.2) is 6.10 Å². The summed E-state index contributed by atoms with van der Waals surface area (Å²) in [5, 5.41) is 2.76. The van der Waals surface area contributed by atoms with E-state index in [1.807, 2.05) is 13.8 Å². The van der Waals surface area contributed by atoms with Crippen LogP contribution in [0, 0.1) is 0 Å². The largest absolute Gasteiger partial charge is 0.376 e. The Kier molecular flexibility index (Phi) is 6.34. The summed E-state index contributed by atoms with van der Waals surface area (Å²) in [7, 11) is -1.94. The quantitative estimate of drug-likeness (QED) is 0.813. The Morgan fingerprint density at radius 1 is 1.29 bits per heavy atom. The predicted octanol–water partition coefficient (Wildman–Crippen LogP) is 0.747. The number of hydrogen-bond donors (Lipinski definition) is 1. The van der Waals surface area contributed by atoms with E-state index in [1.54, 1.807) is 31.3 Å². The fourth-order valence-electron chi connectivity index (χ4n) is 2.17. The van der Waals surface area contributed by atoms with Gasteiger partial charge in [0, 0.05) is 19.6 Å². The SMILES string of the molecule is CC(C)N(C)S(=O)(=O)c1ccc(CNC(=O)C2COCCO2)cc1. The minimum atomic E-state index is -3.49. The van der Waals surface area contributed by atoms with E-state index < -0.39 is 16.1 Å². The highest BCUT2D eigenvalue weighted by Gasteiger charge is 2.24. The second kappa shape index (κ2) is 8.06. The second-order valence-electron chi connectivity index (χ2n) is 5.91. The molecule has 1 N–H and O–H groups in total. The molecule has 0 bridgehead atoms. The lowest BCUT2D eigenvalue weighted by molar-refractivity contribution is -0.147. The van der Waals surface area contributed by atoms with Gasteiger partial charge in [-0.1, -0.05) is 12.1 Å². The number of hydrogen-bond acceptors (Lipinski definition) is 5. The number of amides is 1. The molecular formula is C16H24N2O5S.